The van der Waals surface area contributed by atoms with Crippen LogP contribution in [0.25, 0.3) is 0 Å². The van der Waals surface area contributed by atoms with Crippen LogP contribution in [0, 0.1) is 59.2 Å². The van der Waals surface area contributed by atoms with E-state index in [1.165, 1.54) is 148 Å². The highest BCUT2D eigenvalue weighted by Crippen LogP contribution is 2.13. The first-order chi connectivity index (χ1) is 45.3. The van der Waals surface area contributed by atoms with Gasteiger partial charge in [0.2, 0.25) is 0 Å². The van der Waals surface area contributed by atoms with Gasteiger partial charge in [-0.25, -0.2) is 0 Å². The van der Waals surface area contributed by atoms with Crippen molar-refractivity contribution >= 4 is 0 Å². The average Bonchev–Trinajstić information content (AvgIpc) is 3.56. The number of unbranched alkanes of at least 4 members (excludes halogenated alkanes) is 1. The molecule has 0 bridgehead atoms. The van der Waals surface area contributed by atoms with Crippen molar-refractivity contribution in [1.29, 1.82) is 0 Å². The Balaban J connectivity index is -0.00000147. The van der Waals surface area contributed by atoms with E-state index >= 15 is 0 Å². The van der Waals surface area contributed by atoms with Gasteiger partial charge < -0.3 is 63.0 Å². The fourth-order valence-electron chi connectivity index (χ4n) is 13.7. The first-order valence-corrected chi connectivity index (χ1v) is 41.7. The van der Waals surface area contributed by atoms with Crippen LogP contribution in [0.1, 0.15) is 296 Å². The van der Waals surface area contributed by atoms with Crippen LogP contribution in [0.4, 0.5) is 0 Å². The molecule has 582 valence electrons. The van der Waals surface area contributed by atoms with Gasteiger partial charge >= 0.3 is 0 Å². The van der Waals surface area contributed by atoms with Crippen molar-refractivity contribution in [3.8, 4) is 0 Å². The van der Waals surface area contributed by atoms with Gasteiger partial charge in [0, 0.05) is 114 Å². The van der Waals surface area contributed by atoms with Gasteiger partial charge in [0.1, 0.15) is 0 Å². The van der Waals surface area contributed by atoms with Gasteiger partial charge in [0.15, 0.2) is 0 Å². The molecule has 0 spiro atoms. The molecule has 0 fully saturated rings. The number of nitrogens with one attached hydrogen (secondary N) is 10. The van der Waals surface area contributed by atoms with Gasteiger partial charge in [0.05, 0.1) is 0 Å². The average molecular weight is 1370 g/mol. The predicted molar refractivity (Wildman–Crippen MR) is 436 cm³/mol. The van der Waals surface area contributed by atoms with Crippen LogP contribution >= 0.6 is 0 Å². The Labute approximate surface area is 605 Å². The summed E-state index contributed by atoms with van der Waals surface area (Å²) in [5.41, 5.74) is 0. The summed E-state index contributed by atoms with van der Waals surface area (Å²) in [6.45, 7) is 86.6. The Bertz CT molecular complexity index is 1400. The highest BCUT2D eigenvalue weighted by molar-refractivity contribution is 4.74. The molecule has 9 atom stereocenters. The number of hydrogen-bond acceptors (Lipinski definition) is 13. The van der Waals surface area contributed by atoms with Crippen LogP contribution in [0.5, 0.6) is 0 Å². The van der Waals surface area contributed by atoms with E-state index in [4.69, 9.17) is 0 Å². The summed E-state index contributed by atoms with van der Waals surface area (Å²) in [4.78, 5) is 8.13. The summed E-state index contributed by atoms with van der Waals surface area (Å²) in [6, 6.07) is 4.97. The van der Waals surface area contributed by atoms with Crippen molar-refractivity contribution in [3.63, 3.8) is 0 Å². The molecule has 0 saturated carbocycles. The molecule has 96 heavy (non-hydrogen) atoms. The van der Waals surface area contributed by atoms with Crippen LogP contribution in [0.3, 0.4) is 0 Å². The van der Waals surface area contributed by atoms with E-state index in [0.717, 1.165) is 157 Å². The third-order valence-electron chi connectivity index (χ3n) is 18.5. The maximum atomic E-state index is 3.78. The molecule has 0 amide bonds. The van der Waals surface area contributed by atoms with Crippen LogP contribution in [-0.4, -0.2) is 200 Å². The molecule has 13 nitrogen and oxygen atoms in total. The molecular weight excluding hydrogens is 1180 g/mol. The highest BCUT2D eigenvalue weighted by atomic mass is 15.2. The summed E-state index contributed by atoms with van der Waals surface area (Å²) in [7, 11) is 0. The molecule has 0 radical (unpaired) electrons. The third-order valence-corrected chi connectivity index (χ3v) is 18.5. The zero-order valence-corrected chi connectivity index (χ0v) is 70.6. The normalized spacial score (nSPS) is 15.3. The number of rotatable bonds is 66. The standard InChI is InChI=1S/C40H88N6.C25H56N4.C18H41N3/c1-33(2)29-37(9)41-19-15-25-45(26-16-20-42-38(10)30-34(3)4)23-13-14-24-46(27-17-21-43-39(11)31-35(5)6)28-18-22-44-40(12)32-36(7)8;1-20(2)16-23(7)19-26-10-13-29(14-11-27-24(8)17-21(3)4)15-12-28-25(9)18-22(5)6;1-15(2)7-9-17(5)20-13-11-19-12-14-21-18(6)10-8-16(3)4/h33-44H,13-32H2,1-12H3;20-28H,10-19H2,1-9H3;15-21H,7-14H2,1-6H3. The van der Waals surface area contributed by atoms with Crippen molar-refractivity contribution in [2.75, 3.05) is 137 Å². The molecule has 0 aliphatic rings. The summed E-state index contributed by atoms with van der Waals surface area (Å²) >= 11 is 0. The minimum atomic E-state index is 0.607. The predicted octanol–water partition coefficient (Wildman–Crippen LogP) is 16.0. The Morgan fingerprint density at radius 2 is 0.427 bits per heavy atom. The minimum Gasteiger partial charge on any atom is -0.315 e. The molecule has 13 heteroatoms. The van der Waals surface area contributed by atoms with Crippen LogP contribution in [0.15, 0.2) is 0 Å². The minimum absolute atomic E-state index is 0.607. The van der Waals surface area contributed by atoms with Crippen molar-refractivity contribution in [3.05, 3.63) is 0 Å². The van der Waals surface area contributed by atoms with Crippen molar-refractivity contribution in [2.24, 2.45) is 59.2 Å². The van der Waals surface area contributed by atoms with E-state index in [1.54, 1.807) is 0 Å². The molecule has 0 aliphatic heterocycles. The zero-order chi connectivity index (χ0) is 73.1. The first-order valence-electron chi connectivity index (χ1n) is 41.7. The van der Waals surface area contributed by atoms with E-state index in [1.807, 2.05) is 0 Å². The lowest BCUT2D eigenvalue weighted by Crippen LogP contribution is -2.43. The fraction of sp³-hybridized carbons (Fsp3) is 1.00. The largest absolute Gasteiger partial charge is 0.315 e. The molecule has 0 aromatic heterocycles. The molecule has 9 unspecified atom stereocenters. The smallest absolute Gasteiger partial charge is 0.0108 e. The second kappa shape index (κ2) is 67.6. The summed E-state index contributed by atoms with van der Waals surface area (Å²) in [6.07, 6.45) is 21.7. The maximum absolute atomic E-state index is 3.78. The van der Waals surface area contributed by atoms with E-state index in [-0.39, 0.29) is 0 Å². The van der Waals surface area contributed by atoms with Gasteiger partial charge in [-0.15, -0.1) is 0 Å². The van der Waals surface area contributed by atoms with E-state index < -0.39 is 0 Å². The second-order valence-electron chi connectivity index (χ2n) is 34.9. The van der Waals surface area contributed by atoms with Crippen molar-refractivity contribution in [1.82, 2.24) is 67.9 Å². The molecular formula is C83H185N13. The summed E-state index contributed by atoms with van der Waals surface area (Å²) in [5, 5.41) is 36.9. The fourth-order valence-corrected chi connectivity index (χ4v) is 13.7. The molecule has 0 aromatic rings. The molecule has 0 aliphatic carbocycles. The SMILES string of the molecule is CC(C)CC(C)CNCCN(CCNC(C)CC(C)C)CCNC(C)CC(C)C.CC(C)CC(C)NCCCN(CCCCN(CCCNC(C)CC(C)C)CCCNC(C)CC(C)C)CCCNC(C)CC(C)C.CC(C)CCC(C)NCCNCCNC(C)CCC(C)C. The van der Waals surface area contributed by atoms with Gasteiger partial charge in [-0.3, -0.25) is 4.90 Å². The Morgan fingerprint density at radius 3 is 0.698 bits per heavy atom. The molecule has 0 rings (SSSR count). The lowest BCUT2D eigenvalue weighted by Gasteiger charge is -2.26. The van der Waals surface area contributed by atoms with E-state index in [9.17, 15) is 0 Å². The van der Waals surface area contributed by atoms with Crippen LogP contribution in [0.2, 0.25) is 0 Å². The van der Waals surface area contributed by atoms with Gasteiger partial charge in [-0.05, 0) is 296 Å². The Hall–Kier alpha value is -0.520. The lowest BCUT2D eigenvalue weighted by molar-refractivity contribution is 0.230. The zero-order valence-electron chi connectivity index (χ0n) is 70.6. The van der Waals surface area contributed by atoms with E-state index in [2.05, 4.69) is 255 Å². The summed E-state index contributed by atoms with van der Waals surface area (Å²) in [5.74, 6) is 7.76. The van der Waals surface area contributed by atoms with Crippen LogP contribution in [-0.2, 0) is 0 Å². The van der Waals surface area contributed by atoms with Gasteiger partial charge in [-0.2, -0.15) is 0 Å². The van der Waals surface area contributed by atoms with Gasteiger partial charge in [0.25, 0.3) is 0 Å². The van der Waals surface area contributed by atoms with Crippen LogP contribution < -0.4 is 53.2 Å². The van der Waals surface area contributed by atoms with Crippen molar-refractivity contribution in [2.45, 2.75) is 344 Å². The monoisotopic (exact) mass is 1360 g/mol. The topological polar surface area (TPSA) is 130 Å². The summed E-state index contributed by atoms with van der Waals surface area (Å²) < 4.78 is 0. The molecule has 0 aromatic carbocycles. The van der Waals surface area contributed by atoms with Crippen molar-refractivity contribution < 1.29 is 0 Å². The maximum Gasteiger partial charge on any atom is 0.0108 e. The highest BCUT2D eigenvalue weighted by Gasteiger charge is 2.15. The number of hydrogen-bond donors (Lipinski definition) is 10. The Morgan fingerprint density at radius 1 is 0.188 bits per heavy atom. The number of nitrogens with zero attached hydrogens (tertiary/aromatic N) is 3. The van der Waals surface area contributed by atoms with Gasteiger partial charge in [-0.1, -0.05) is 132 Å². The third kappa shape index (κ3) is 77.6. The lowest BCUT2D eigenvalue weighted by atomic mass is 9.99. The molecule has 10 N–H and O–H groups in total. The molecule has 0 saturated heterocycles. The second-order valence-corrected chi connectivity index (χ2v) is 34.9. The first kappa shape index (κ1) is 99.7. The van der Waals surface area contributed by atoms with E-state index in [0.29, 0.717) is 48.3 Å². The Kier molecular flexibility index (Phi) is 70.2. The quantitative estimate of drug-likeness (QED) is 0.0266. The molecule has 0 heterocycles.